The van der Waals surface area contributed by atoms with Crippen LogP contribution in [0.25, 0.3) is 6.08 Å². The molecule has 1 aliphatic rings. The molecule has 0 radical (unpaired) electrons. The van der Waals surface area contributed by atoms with Crippen molar-refractivity contribution in [3.8, 4) is 0 Å². The molecule has 112 valence electrons. The van der Waals surface area contributed by atoms with Crippen LogP contribution in [-0.4, -0.2) is 20.8 Å². The van der Waals surface area contributed by atoms with Gasteiger partial charge in [-0.15, -0.1) is 0 Å². The molecule has 0 saturated carbocycles. The molecule has 0 bridgehead atoms. The fourth-order valence-electron chi connectivity index (χ4n) is 2.17. The van der Waals surface area contributed by atoms with Gasteiger partial charge in [0.25, 0.3) is 5.91 Å². The van der Waals surface area contributed by atoms with Gasteiger partial charge in [-0.1, -0.05) is 0 Å². The van der Waals surface area contributed by atoms with Gasteiger partial charge in [-0.25, -0.2) is 4.39 Å². The first-order valence-electron chi connectivity index (χ1n) is 6.59. The Bertz CT molecular complexity index is 775. The maximum absolute atomic E-state index is 13.0. The minimum Gasteiger partial charge on any atom is -0.327 e. The smallest absolute Gasteiger partial charge is 0.281 e. The third-order valence-electron chi connectivity index (χ3n) is 3.39. The van der Waals surface area contributed by atoms with E-state index in [9.17, 15) is 9.18 Å². The molecular formula is C15H13FN4OS. The van der Waals surface area contributed by atoms with E-state index in [1.54, 1.807) is 10.8 Å². The van der Waals surface area contributed by atoms with E-state index in [1.807, 2.05) is 20.0 Å². The number of carbonyl (C=O) groups is 1. The Kier molecular flexibility index (Phi) is 3.50. The van der Waals surface area contributed by atoms with E-state index in [-0.39, 0.29) is 16.8 Å². The summed E-state index contributed by atoms with van der Waals surface area (Å²) in [5, 5.41) is 7.41. The molecule has 1 saturated heterocycles. The van der Waals surface area contributed by atoms with E-state index in [1.165, 1.54) is 29.2 Å². The number of halogens is 1. The first kappa shape index (κ1) is 14.4. The minimum atomic E-state index is -0.367. The number of carbonyl (C=O) groups excluding carboxylic acids is 1. The van der Waals surface area contributed by atoms with Crippen molar-refractivity contribution in [2.24, 2.45) is 7.05 Å². The third kappa shape index (κ3) is 2.50. The van der Waals surface area contributed by atoms with Crippen molar-refractivity contribution >= 4 is 35.0 Å². The highest BCUT2D eigenvalue weighted by Crippen LogP contribution is 2.22. The van der Waals surface area contributed by atoms with E-state index >= 15 is 0 Å². The van der Waals surface area contributed by atoms with Crippen LogP contribution >= 0.6 is 12.2 Å². The van der Waals surface area contributed by atoms with Gasteiger partial charge in [0.2, 0.25) is 0 Å². The second-order valence-electron chi connectivity index (χ2n) is 4.94. The van der Waals surface area contributed by atoms with Crippen molar-refractivity contribution in [2.75, 3.05) is 4.90 Å². The summed E-state index contributed by atoms with van der Waals surface area (Å²) in [5.74, 6) is -0.658. The van der Waals surface area contributed by atoms with E-state index in [2.05, 4.69) is 10.4 Å². The number of anilines is 1. The Morgan fingerprint density at radius 3 is 2.59 bits per heavy atom. The van der Waals surface area contributed by atoms with Crippen molar-refractivity contribution in [3.63, 3.8) is 0 Å². The summed E-state index contributed by atoms with van der Waals surface area (Å²) in [6.07, 6.45) is 1.64. The maximum Gasteiger partial charge on any atom is 0.281 e. The lowest BCUT2D eigenvalue weighted by Crippen LogP contribution is -2.30. The molecule has 1 fully saturated rings. The number of hydrogen-bond donors (Lipinski definition) is 1. The van der Waals surface area contributed by atoms with Gasteiger partial charge in [0, 0.05) is 12.7 Å². The number of rotatable bonds is 2. The minimum absolute atomic E-state index is 0.260. The van der Waals surface area contributed by atoms with Gasteiger partial charge >= 0.3 is 0 Å². The highest BCUT2D eigenvalue weighted by atomic mass is 32.1. The Hall–Kier alpha value is -2.54. The summed E-state index contributed by atoms with van der Waals surface area (Å²) in [5.41, 5.74) is 2.51. The van der Waals surface area contributed by atoms with E-state index in [0.29, 0.717) is 17.1 Å². The summed E-state index contributed by atoms with van der Waals surface area (Å²) in [4.78, 5) is 13.8. The van der Waals surface area contributed by atoms with Crippen LogP contribution < -0.4 is 10.2 Å². The van der Waals surface area contributed by atoms with Crippen LogP contribution in [-0.2, 0) is 11.8 Å². The Morgan fingerprint density at radius 1 is 1.32 bits per heavy atom. The molecule has 7 heteroatoms. The number of aryl methyl sites for hydroxylation is 2. The van der Waals surface area contributed by atoms with Gasteiger partial charge in [0.05, 0.1) is 11.4 Å². The molecule has 1 N–H and O–H groups in total. The zero-order chi connectivity index (χ0) is 15.9. The molecule has 2 heterocycles. The lowest BCUT2D eigenvalue weighted by Gasteiger charge is -2.13. The maximum atomic E-state index is 13.0. The highest BCUT2D eigenvalue weighted by Gasteiger charge is 2.32. The van der Waals surface area contributed by atoms with Gasteiger partial charge < -0.3 is 5.32 Å². The number of benzene rings is 1. The van der Waals surface area contributed by atoms with Crippen LogP contribution in [0.15, 0.2) is 36.0 Å². The van der Waals surface area contributed by atoms with Crippen molar-refractivity contribution in [3.05, 3.63) is 53.2 Å². The van der Waals surface area contributed by atoms with Gasteiger partial charge in [-0.2, -0.15) is 5.10 Å². The van der Waals surface area contributed by atoms with E-state index in [4.69, 9.17) is 12.2 Å². The monoisotopic (exact) mass is 316 g/mol. The zero-order valence-corrected chi connectivity index (χ0v) is 12.8. The van der Waals surface area contributed by atoms with Crippen LogP contribution in [0.2, 0.25) is 0 Å². The average molecular weight is 316 g/mol. The molecule has 0 unspecified atom stereocenters. The third-order valence-corrected chi connectivity index (χ3v) is 3.67. The van der Waals surface area contributed by atoms with Gasteiger partial charge in [0.1, 0.15) is 11.5 Å². The van der Waals surface area contributed by atoms with Crippen molar-refractivity contribution < 1.29 is 9.18 Å². The molecular weight excluding hydrogens is 303 g/mol. The molecule has 22 heavy (non-hydrogen) atoms. The van der Waals surface area contributed by atoms with E-state index in [0.717, 1.165) is 5.69 Å². The van der Waals surface area contributed by atoms with E-state index < -0.39 is 0 Å². The number of amides is 1. The SMILES string of the molecule is Cc1cc(/C=C2/NC(=S)N(c3ccc(F)cc3)C2=O)nn1C. The summed E-state index contributed by atoms with van der Waals surface area (Å²) in [7, 11) is 1.83. The normalized spacial score (nSPS) is 16.5. The second-order valence-corrected chi connectivity index (χ2v) is 5.33. The molecule has 0 atom stereocenters. The molecule has 1 aromatic heterocycles. The molecule has 2 aromatic rings. The number of aromatic nitrogens is 2. The fraction of sp³-hybridized carbons (Fsp3) is 0.133. The van der Waals surface area contributed by atoms with Gasteiger partial charge in [-0.3, -0.25) is 14.4 Å². The molecule has 1 aliphatic heterocycles. The molecule has 0 aliphatic carbocycles. The first-order chi connectivity index (χ1) is 10.5. The van der Waals surface area contributed by atoms with Crippen LogP contribution in [0.1, 0.15) is 11.4 Å². The first-order valence-corrected chi connectivity index (χ1v) is 7.00. The van der Waals surface area contributed by atoms with Crippen molar-refractivity contribution in [1.82, 2.24) is 15.1 Å². The summed E-state index contributed by atoms with van der Waals surface area (Å²) in [6.45, 7) is 1.92. The number of thiocarbonyl (C=S) groups is 1. The predicted molar refractivity (Wildman–Crippen MR) is 85.5 cm³/mol. The second kappa shape index (κ2) is 5.34. The summed E-state index contributed by atoms with van der Waals surface area (Å²) < 4.78 is 14.7. The lowest BCUT2D eigenvalue weighted by molar-refractivity contribution is -0.113. The standard InChI is InChI=1S/C15H13FN4OS/c1-9-7-11(18-19(9)2)8-13-14(21)20(15(22)17-13)12-5-3-10(16)4-6-12/h3-8H,1-2H3,(H,17,22)/b13-8+. The zero-order valence-electron chi connectivity index (χ0n) is 12.0. The summed E-state index contributed by atoms with van der Waals surface area (Å²) >= 11 is 5.19. The van der Waals surface area contributed by atoms with Crippen molar-refractivity contribution in [1.29, 1.82) is 0 Å². The predicted octanol–water partition coefficient (Wildman–Crippen LogP) is 2.13. The van der Waals surface area contributed by atoms with Gasteiger partial charge in [-0.05, 0) is 55.5 Å². The molecule has 5 nitrogen and oxygen atoms in total. The topological polar surface area (TPSA) is 50.2 Å². The van der Waals surface area contributed by atoms with Crippen LogP contribution in [0.5, 0.6) is 0 Å². The molecule has 1 amide bonds. The van der Waals surface area contributed by atoms with Gasteiger partial charge in [0.15, 0.2) is 5.11 Å². The van der Waals surface area contributed by atoms with Crippen molar-refractivity contribution in [2.45, 2.75) is 6.92 Å². The number of nitrogens with one attached hydrogen (secondary N) is 1. The Morgan fingerprint density at radius 2 is 2.00 bits per heavy atom. The molecule has 0 spiro atoms. The highest BCUT2D eigenvalue weighted by molar-refractivity contribution is 7.80. The summed E-state index contributed by atoms with van der Waals surface area (Å²) in [6, 6.07) is 7.46. The quantitative estimate of drug-likeness (QED) is 0.681. The van der Waals surface area contributed by atoms with Crippen LogP contribution in [0.4, 0.5) is 10.1 Å². The molecule has 1 aromatic carbocycles. The lowest BCUT2D eigenvalue weighted by atomic mass is 10.2. The largest absolute Gasteiger partial charge is 0.327 e. The Labute approximate surface area is 132 Å². The molecule has 3 rings (SSSR count). The number of hydrogen-bond acceptors (Lipinski definition) is 3. The Balaban J connectivity index is 1.92. The average Bonchev–Trinajstić information content (AvgIpc) is 2.92. The number of nitrogens with zero attached hydrogens (tertiary/aromatic N) is 3. The fourth-order valence-corrected chi connectivity index (χ4v) is 2.46. The van der Waals surface area contributed by atoms with Crippen LogP contribution in [0, 0.1) is 12.7 Å². The van der Waals surface area contributed by atoms with Crippen LogP contribution in [0.3, 0.4) is 0 Å².